The predicted molar refractivity (Wildman–Crippen MR) is 106 cm³/mol. The molecule has 1 aliphatic heterocycles. The Hall–Kier alpha value is -2.64. The Morgan fingerprint density at radius 3 is 2.25 bits per heavy atom. The second-order valence-electron chi connectivity index (χ2n) is 6.87. The summed E-state index contributed by atoms with van der Waals surface area (Å²) in [6.45, 7) is 1.29. The van der Waals surface area contributed by atoms with Crippen molar-refractivity contribution in [3.8, 4) is 17.2 Å². The number of nitrogens with zero attached hydrogens (tertiary/aromatic N) is 2. The zero-order valence-corrected chi connectivity index (χ0v) is 16.2. The maximum absolute atomic E-state index is 12.6. The first kappa shape index (κ1) is 18.7. The Kier molecular flexibility index (Phi) is 5.45. The molecule has 0 bridgehead atoms. The fourth-order valence-corrected chi connectivity index (χ4v) is 4.97. The first-order valence-electron chi connectivity index (χ1n) is 9.27. The molecule has 0 saturated carbocycles. The normalized spacial score (nSPS) is 15.4. The van der Waals surface area contributed by atoms with Crippen molar-refractivity contribution in [1.82, 2.24) is 9.55 Å². The molecule has 0 unspecified atom stereocenters. The van der Waals surface area contributed by atoms with E-state index in [9.17, 15) is 8.42 Å². The number of benzene rings is 2. The molecule has 1 aliphatic rings. The highest BCUT2D eigenvalue weighted by Gasteiger charge is 2.23. The van der Waals surface area contributed by atoms with Gasteiger partial charge in [-0.3, -0.25) is 0 Å². The molecule has 0 amide bonds. The highest BCUT2D eigenvalue weighted by molar-refractivity contribution is 7.91. The van der Waals surface area contributed by atoms with E-state index in [0.717, 1.165) is 18.5 Å². The molecule has 0 aliphatic carbocycles. The Labute approximate surface area is 164 Å². The van der Waals surface area contributed by atoms with Crippen LogP contribution in [0.2, 0.25) is 0 Å². The highest BCUT2D eigenvalue weighted by atomic mass is 32.2. The van der Waals surface area contributed by atoms with E-state index in [2.05, 4.69) is 4.98 Å². The van der Waals surface area contributed by atoms with Gasteiger partial charge in [0.1, 0.15) is 11.5 Å². The largest absolute Gasteiger partial charge is 0.457 e. The van der Waals surface area contributed by atoms with Gasteiger partial charge in [0.2, 0.25) is 0 Å². The van der Waals surface area contributed by atoms with E-state index in [1.165, 1.54) is 0 Å². The summed E-state index contributed by atoms with van der Waals surface area (Å²) in [5.41, 5.74) is 0.986. The smallest absolute Gasteiger partial charge is 0.178 e. The second-order valence-corrected chi connectivity index (χ2v) is 8.91. The molecule has 0 spiro atoms. The monoisotopic (exact) mass is 398 g/mol. The van der Waals surface area contributed by atoms with E-state index in [4.69, 9.17) is 9.47 Å². The molecule has 28 heavy (non-hydrogen) atoms. The number of rotatable bonds is 6. The molecule has 7 heteroatoms. The minimum Gasteiger partial charge on any atom is -0.457 e. The van der Waals surface area contributed by atoms with Gasteiger partial charge < -0.3 is 14.0 Å². The number of aromatic nitrogens is 2. The number of ether oxygens (including phenoxy) is 2. The Morgan fingerprint density at radius 1 is 1.00 bits per heavy atom. The van der Waals surface area contributed by atoms with Crippen LogP contribution in [0, 0.1) is 5.92 Å². The minimum absolute atomic E-state index is 0.170. The van der Waals surface area contributed by atoms with Gasteiger partial charge in [-0.05, 0) is 67.3 Å². The molecule has 1 aromatic heterocycles. The van der Waals surface area contributed by atoms with Gasteiger partial charge in [-0.2, -0.15) is 0 Å². The lowest BCUT2D eigenvalue weighted by molar-refractivity contribution is 0.0723. The van der Waals surface area contributed by atoms with Gasteiger partial charge in [-0.25, -0.2) is 13.4 Å². The van der Waals surface area contributed by atoms with E-state index >= 15 is 0 Å². The van der Waals surface area contributed by atoms with Crippen molar-refractivity contribution in [2.75, 3.05) is 19.0 Å². The van der Waals surface area contributed by atoms with Crippen molar-refractivity contribution in [2.24, 2.45) is 5.92 Å². The summed E-state index contributed by atoms with van der Waals surface area (Å²) in [5.74, 6) is 1.62. The molecule has 146 valence electrons. The predicted octanol–water partition coefficient (Wildman–Crippen LogP) is 3.86. The number of hydrogen-bond donors (Lipinski definition) is 0. The zero-order chi connectivity index (χ0) is 19.4. The Balaban J connectivity index is 1.41. The standard InChI is InChI=1S/C21H22N2O4S/c24-28(25,15-17-9-13-26-14-10-17)21-7-5-20(6-8-21)27-19-3-1-18(2-4-19)23-12-11-22-16-23/h1-8,11-12,16-17H,9-10,13-15H2. The van der Waals surface area contributed by atoms with Gasteiger partial charge in [-0.1, -0.05) is 0 Å². The second kappa shape index (κ2) is 8.16. The first-order valence-corrected chi connectivity index (χ1v) is 10.9. The maximum Gasteiger partial charge on any atom is 0.178 e. The van der Waals surface area contributed by atoms with Gasteiger partial charge in [0, 0.05) is 31.3 Å². The number of sulfone groups is 1. The zero-order valence-electron chi connectivity index (χ0n) is 15.4. The van der Waals surface area contributed by atoms with Crippen LogP contribution in [0.1, 0.15) is 12.8 Å². The van der Waals surface area contributed by atoms with Crippen LogP contribution in [0.5, 0.6) is 11.5 Å². The number of hydrogen-bond acceptors (Lipinski definition) is 5. The summed E-state index contributed by atoms with van der Waals surface area (Å²) in [6, 6.07) is 14.2. The molecular formula is C21H22N2O4S. The van der Waals surface area contributed by atoms with Gasteiger partial charge in [0.05, 0.1) is 17.0 Å². The van der Waals surface area contributed by atoms with Crippen LogP contribution in [0.4, 0.5) is 0 Å². The van der Waals surface area contributed by atoms with Gasteiger partial charge in [-0.15, -0.1) is 0 Å². The summed E-state index contributed by atoms with van der Waals surface area (Å²) >= 11 is 0. The topological polar surface area (TPSA) is 70.4 Å². The van der Waals surface area contributed by atoms with Crippen LogP contribution < -0.4 is 4.74 Å². The van der Waals surface area contributed by atoms with Gasteiger partial charge >= 0.3 is 0 Å². The molecule has 2 aromatic carbocycles. The summed E-state index contributed by atoms with van der Waals surface area (Å²) in [5, 5.41) is 0. The molecule has 2 heterocycles. The van der Waals surface area contributed by atoms with E-state index in [-0.39, 0.29) is 11.7 Å². The van der Waals surface area contributed by atoms with Crippen LogP contribution in [0.3, 0.4) is 0 Å². The van der Waals surface area contributed by atoms with Crippen LogP contribution in [0.15, 0.2) is 72.1 Å². The lowest BCUT2D eigenvalue weighted by atomic mass is 10.0. The molecular weight excluding hydrogens is 376 g/mol. The van der Waals surface area contributed by atoms with Crippen molar-refractivity contribution in [3.05, 3.63) is 67.3 Å². The molecule has 4 rings (SSSR count). The Morgan fingerprint density at radius 2 is 1.64 bits per heavy atom. The molecule has 0 N–H and O–H groups in total. The summed E-state index contributed by atoms with van der Waals surface area (Å²) in [6.07, 6.45) is 6.93. The van der Waals surface area contributed by atoms with Crippen LogP contribution in [0.25, 0.3) is 5.69 Å². The highest BCUT2D eigenvalue weighted by Crippen LogP contribution is 2.26. The van der Waals surface area contributed by atoms with Crippen molar-refractivity contribution in [1.29, 1.82) is 0 Å². The third-order valence-corrected chi connectivity index (χ3v) is 6.75. The average Bonchev–Trinajstić information content (AvgIpc) is 3.24. The van der Waals surface area contributed by atoms with Gasteiger partial charge in [0.25, 0.3) is 0 Å². The van der Waals surface area contributed by atoms with Gasteiger partial charge in [0.15, 0.2) is 9.84 Å². The third kappa shape index (κ3) is 4.43. The van der Waals surface area contributed by atoms with E-state index in [1.54, 1.807) is 36.8 Å². The molecule has 0 radical (unpaired) electrons. The van der Waals surface area contributed by atoms with Crippen LogP contribution in [-0.2, 0) is 14.6 Å². The maximum atomic E-state index is 12.6. The minimum atomic E-state index is -3.30. The van der Waals surface area contributed by atoms with Crippen molar-refractivity contribution in [2.45, 2.75) is 17.7 Å². The SMILES string of the molecule is O=S(=O)(CC1CCOCC1)c1ccc(Oc2ccc(-n3ccnc3)cc2)cc1. The quantitative estimate of drug-likeness (QED) is 0.630. The first-order chi connectivity index (χ1) is 13.6. The van der Waals surface area contributed by atoms with E-state index in [1.807, 2.05) is 35.0 Å². The average molecular weight is 398 g/mol. The molecule has 6 nitrogen and oxygen atoms in total. The Bertz CT molecular complexity index is 992. The fraction of sp³-hybridized carbons (Fsp3) is 0.286. The van der Waals surface area contributed by atoms with Crippen molar-refractivity contribution < 1.29 is 17.9 Å². The van der Waals surface area contributed by atoms with Crippen LogP contribution >= 0.6 is 0 Å². The third-order valence-electron chi connectivity index (χ3n) is 4.85. The summed E-state index contributed by atoms with van der Waals surface area (Å²) in [4.78, 5) is 4.36. The molecule has 1 saturated heterocycles. The van der Waals surface area contributed by atoms with E-state index < -0.39 is 9.84 Å². The lowest BCUT2D eigenvalue weighted by Crippen LogP contribution is -2.23. The fourth-order valence-electron chi connectivity index (χ4n) is 3.27. The molecule has 0 atom stereocenters. The molecule has 1 fully saturated rings. The van der Waals surface area contributed by atoms with Crippen molar-refractivity contribution >= 4 is 9.84 Å². The van der Waals surface area contributed by atoms with E-state index in [0.29, 0.717) is 29.6 Å². The molecule has 3 aromatic rings. The summed E-state index contributed by atoms with van der Waals surface area (Å²) in [7, 11) is -3.30. The van der Waals surface area contributed by atoms with Crippen LogP contribution in [-0.4, -0.2) is 36.9 Å². The van der Waals surface area contributed by atoms with Crippen molar-refractivity contribution in [3.63, 3.8) is 0 Å². The lowest BCUT2D eigenvalue weighted by Gasteiger charge is -2.21. The number of imidazole rings is 1. The summed E-state index contributed by atoms with van der Waals surface area (Å²) < 4.78 is 38.3.